The highest BCUT2D eigenvalue weighted by atomic mass is 15.1. The minimum atomic E-state index is 0.806. The van der Waals surface area contributed by atoms with E-state index in [2.05, 4.69) is 33.7 Å². The molecule has 1 N–H and O–H groups in total. The van der Waals surface area contributed by atoms with Crippen molar-refractivity contribution >= 4 is 11.2 Å². The summed E-state index contributed by atoms with van der Waals surface area (Å²) in [6.45, 7) is 6.89. The van der Waals surface area contributed by atoms with Gasteiger partial charge in [0.2, 0.25) is 0 Å². The maximum atomic E-state index is 4.56. The highest BCUT2D eigenvalue weighted by Crippen LogP contribution is 2.12. The van der Waals surface area contributed by atoms with Crippen LogP contribution in [0.3, 0.4) is 0 Å². The van der Waals surface area contributed by atoms with Crippen molar-refractivity contribution in [2.24, 2.45) is 0 Å². The Bertz CT molecular complexity index is 447. The lowest BCUT2D eigenvalue weighted by Crippen LogP contribution is -2.16. The van der Waals surface area contributed by atoms with Crippen LogP contribution in [0.4, 0.5) is 0 Å². The van der Waals surface area contributed by atoms with Gasteiger partial charge in [-0.25, -0.2) is 9.97 Å². The second-order valence-electron chi connectivity index (χ2n) is 3.40. The lowest BCUT2D eigenvalue weighted by Gasteiger charge is -2.04. The first-order chi connectivity index (χ1) is 7.36. The number of pyridine rings is 1. The largest absolute Gasteiger partial charge is 0.312 e. The highest BCUT2D eigenvalue weighted by molar-refractivity contribution is 5.71. The molecule has 4 heteroatoms. The molecule has 0 unspecified atom stereocenters. The Morgan fingerprint density at radius 1 is 1.40 bits per heavy atom. The van der Waals surface area contributed by atoms with Gasteiger partial charge in [0.1, 0.15) is 11.3 Å². The fourth-order valence-corrected chi connectivity index (χ4v) is 1.71. The third-order valence-electron chi connectivity index (χ3n) is 2.43. The number of hydrogen-bond donors (Lipinski definition) is 1. The van der Waals surface area contributed by atoms with Crippen LogP contribution in [-0.2, 0) is 13.1 Å². The molecule has 2 aromatic heterocycles. The third-order valence-corrected chi connectivity index (χ3v) is 2.43. The lowest BCUT2D eigenvalue weighted by atomic mass is 10.4. The predicted octanol–water partition coefficient (Wildman–Crippen LogP) is 1.56. The van der Waals surface area contributed by atoms with E-state index in [0.29, 0.717) is 0 Å². The van der Waals surface area contributed by atoms with Gasteiger partial charge >= 0.3 is 0 Å². The molecule has 15 heavy (non-hydrogen) atoms. The van der Waals surface area contributed by atoms with Crippen molar-refractivity contribution in [3.8, 4) is 0 Å². The Kier molecular flexibility index (Phi) is 2.97. The molecule has 2 rings (SSSR count). The monoisotopic (exact) mass is 204 g/mol. The van der Waals surface area contributed by atoms with Gasteiger partial charge < -0.3 is 9.88 Å². The Hall–Kier alpha value is -1.42. The van der Waals surface area contributed by atoms with Crippen molar-refractivity contribution < 1.29 is 0 Å². The van der Waals surface area contributed by atoms with Gasteiger partial charge in [0.15, 0.2) is 5.65 Å². The highest BCUT2D eigenvalue weighted by Gasteiger charge is 2.08. The summed E-state index contributed by atoms with van der Waals surface area (Å²) < 4.78 is 2.15. The lowest BCUT2D eigenvalue weighted by molar-refractivity contribution is 0.636. The molecule has 0 fully saturated rings. The second kappa shape index (κ2) is 4.40. The Morgan fingerprint density at radius 3 is 3.00 bits per heavy atom. The quantitative estimate of drug-likeness (QED) is 0.822. The Morgan fingerprint density at radius 2 is 2.27 bits per heavy atom. The molecule has 4 nitrogen and oxygen atoms in total. The third kappa shape index (κ3) is 1.85. The summed E-state index contributed by atoms with van der Waals surface area (Å²) >= 11 is 0. The number of rotatable bonds is 4. The topological polar surface area (TPSA) is 42.7 Å². The van der Waals surface area contributed by atoms with Gasteiger partial charge in [0, 0.05) is 12.7 Å². The SMILES string of the molecule is CCNCc1nc2cccnc2n1CC. The van der Waals surface area contributed by atoms with Crippen molar-refractivity contribution in [3.05, 3.63) is 24.2 Å². The van der Waals surface area contributed by atoms with Crippen LogP contribution in [0.5, 0.6) is 0 Å². The molecule has 0 atom stereocenters. The van der Waals surface area contributed by atoms with Crippen LogP contribution in [0.15, 0.2) is 18.3 Å². The van der Waals surface area contributed by atoms with E-state index in [1.165, 1.54) is 0 Å². The van der Waals surface area contributed by atoms with Crippen molar-refractivity contribution in [1.29, 1.82) is 0 Å². The molecule has 2 aromatic rings. The first kappa shape index (κ1) is 10.1. The summed E-state index contributed by atoms with van der Waals surface area (Å²) in [5.74, 6) is 1.06. The van der Waals surface area contributed by atoms with E-state index in [0.717, 1.165) is 36.6 Å². The van der Waals surface area contributed by atoms with Gasteiger partial charge in [-0.05, 0) is 25.6 Å². The fourth-order valence-electron chi connectivity index (χ4n) is 1.71. The molecule has 80 valence electrons. The van der Waals surface area contributed by atoms with Gasteiger partial charge in [-0.2, -0.15) is 0 Å². The summed E-state index contributed by atoms with van der Waals surface area (Å²) in [6, 6.07) is 3.93. The molecule has 0 aromatic carbocycles. The van der Waals surface area contributed by atoms with Crippen LogP contribution >= 0.6 is 0 Å². The predicted molar refractivity (Wildman–Crippen MR) is 60.6 cm³/mol. The van der Waals surface area contributed by atoms with Gasteiger partial charge in [-0.1, -0.05) is 6.92 Å². The molecule has 0 aliphatic heterocycles. The van der Waals surface area contributed by atoms with Crippen molar-refractivity contribution in [2.75, 3.05) is 6.54 Å². The van der Waals surface area contributed by atoms with E-state index in [1.807, 2.05) is 18.3 Å². The molecule has 0 aliphatic carbocycles. The standard InChI is InChI=1S/C11H16N4/c1-3-12-8-10-14-9-6-5-7-13-11(9)15(10)4-2/h5-7,12H,3-4,8H2,1-2H3. The summed E-state index contributed by atoms with van der Waals surface area (Å²) in [5.41, 5.74) is 1.96. The fraction of sp³-hybridized carbons (Fsp3) is 0.455. The van der Waals surface area contributed by atoms with Gasteiger partial charge in [0.25, 0.3) is 0 Å². The van der Waals surface area contributed by atoms with Crippen LogP contribution in [0, 0.1) is 0 Å². The molecule has 0 spiro atoms. The summed E-state index contributed by atoms with van der Waals surface area (Å²) in [7, 11) is 0. The van der Waals surface area contributed by atoms with Crippen LogP contribution < -0.4 is 5.32 Å². The minimum Gasteiger partial charge on any atom is -0.312 e. The molecule has 0 saturated heterocycles. The minimum absolute atomic E-state index is 0.806. The number of aromatic nitrogens is 3. The Balaban J connectivity index is 2.44. The average Bonchev–Trinajstić information content (AvgIpc) is 2.63. The van der Waals surface area contributed by atoms with Crippen molar-refractivity contribution in [2.45, 2.75) is 26.9 Å². The molecule has 2 heterocycles. The van der Waals surface area contributed by atoms with E-state index in [1.54, 1.807) is 0 Å². The van der Waals surface area contributed by atoms with Gasteiger partial charge in [-0.3, -0.25) is 0 Å². The van der Waals surface area contributed by atoms with Crippen molar-refractivity contribution in [1.82, 2.24) is 19.9 Å². The van der Waals surface area contributed by atoms with E-state index in [9.17, 15) is 0 Å². The van der Waals surface area contributed by atoms with Crippen LogP contribution in [-0.4, -0.2) is 21.1 Å². The number of fused-ring (bicyclic) bond motifs is 1. The van der Waals surface area contributed by atoms with E-state index in [-0.39, 0.29) is 0 Å². The zero-order valence-electron chi connectivity index (χ0n) is 9.20. The molecule has 0 aliphatic rings. The number of nitrogens with one attached hydrogen (secondary N) is 1. The summed E-state index contributed by atoms with van der Waals surface area (Å²) in [5, 5.41) is 3.29. The molecule has 0 saturated carbocycles. The first-order valence-corrected chi connectivity index (χ1v) is 5.37. The number of hydrogen-bond acceptors (Lipinski definition) is 3. The number of aryl methyl sites for hydroxylation is 1. The second-order valence-corrected chi connectivity index (χ2v) is 3.40. The zero-order valence-corrected chi connectivity index (χ0v) is 9.20. The molecular weight excluding hydrogens is 188 g/mol. The number of imidazole rings is 1. The average molecular weight is 204 g/mol. The van der Waals surface area contributed by atoms with Gasteiger partial charge in [0.05, 0.1) is 6.54 Å². The Labute approximate surface area is 89.3 Å². The van der Waals surface area contributed by atoms with Crippen LogP contribution in [0.2, 0.25) is 0 Å². The number of nitrogens with zero attached hydrogens (tertiary/aromatic N) is 3. The molecule has 0 amide bonds. The summed E-state index contributed by atoms with van der Waals surface area (Å²) in [6.07, 6.45) is 1.81. The normalized spacial score (nSPS) is 11.1. The first-order valence-electron chi connectivity index (χ1n) is 5.37. The van der Waals surface area contributed by atoms with E-state index in [4.69, 9.17) is 0 Å². The zero-order chi connectivity index (χ0) is 10.7. The molecule has 0 radical (unpaired) electrons. The van der Waals surface area contributed by atoms with Crippen LogP contribution in [0.1, 0.15) is 19.7 Å². The van der Waals surface area contributed by atoms with Crippen LogP contribution in [0.25, 0.3) is 11.2 Å². The molecule has 0 bridgehead atoms. The maximum absolute atomic E-state index is 4.56. The van der Waals surface area contributed by atoms with Crippen molar-refractivity contribution in [3.63, 3.8) is 0 Å². The van der Waals surface area contributed by atoms with E-state index < -0.39 is 0 Å². The summed E-state index contributed by atoms with van der Waals surface area (Å²) in [4.78, 5) is 8.91. The van der Waals surface area contributed by atoms with Gasteiger partial charge in [-0.15, -0.1) is 0 Å². The maximum Gasteiger partial charge on any atom is 0.160 e. The van der Waals surface area contributed by atoms with E-state index >= 15 is 0 Å². The smallest absolute Gasteiger partial charge is 0.160 e. The molecular formula is C11H16N4.